The minimum absolute atomic E-state index is 0.233. The molecule has 4 rings (SSSR count). The van der Waals surface area contributed by atoms with E-state index in [9.17, 15) is 4.79 Å². The highest BCUT2D eigenvalue weighted by Gasteiger charge is 2.33. The summed E-state index contributed by atoms with van der Waals surface area (Å²) in [5, 5.41) is 4.71. The molecule has 1 aromatic heterocycles. The third kappa shape index (κ3) is 3.05. The van der Waals surface area contributed by atoms with E-state index in [0.717, 1.165) is 61.4 Å². The van der Waals surface area contributed by atoms with Gasteiger partial charge in [0.1, 0.15) is 4.88 Å². The van der Waals surface area contributed by atoms with E-state index in [4.69, 9.17) is 4.98 Å². The highest BCUT2D eigenvalue weighted by Crippen LogP contribution is 2.37. The summed E-state index contributed by atoms with van der Waals surface area (Å²) < 4.78 is 0. The molecule has 3 heterocycles. The lowest BCUT2D eigenvalue weighted by Gasteiger charge is -2.20. The van der Waals surface area contributed by atoms with Crippen LogP contribution in [0.3, 0.4) is 0 Å². The maximum atomic E-state index is 13.0. The molecule has 1 aromatic rings. The molecule has 1 amide bonds. The SMILES string of the molecule is Cc1nc(C2CCCC2)sc1C(=O)N1CC[C@@H]2CNC[C@@H]2CC1. The Kier molecular flexibility index (Phi) is 4.41. The third-order valence-electron chi connectivity index (χ3n) is 6.02. The van der Waals surface area contributed by atoms with E-state index in [2.05, 4.69) is 10.2 Å². The fraction of sp³-hybridized carbons (Fsp3) is 0.778. The molecule has 0 spiro atoms. The number of likely N-dealkylation sites (tertiary alicyclic amines) is 1. The summed E-state index contributed by atoms with van der Waals surface area (Å²) in [7, 11) is 0. The van der Waals surface area contributed by atoms with Crippen LogP contribution in [0.4, 0.5) is 0 Å². The van der Waals surface area contributed by atoms with Crippen molar-refractivity contribution in [3.63, 3.8) is 0 Å². The number of hydrogen-bond acceptors (Lipinski definition) is 4. The fourth-order valence-corrected chi connectivity index (χ4v) is 5.73. The Morgan fingerprint density at radius 3 is 2.43 bits per heavy atom. The van der Waals surface area contributed by atoms with Gasteiger partial charge in [-0.1, -0.05) is 12.8 Å². The minimum atomic E-state index is 0.233. The number of fused-ring (bicyclic) bond motifs is 1. The van der Waals surface area contributed by atoms with Crippen LogP contribution in [-0.4, -0.2) is 42.0 Å². The average Bonchev–Trinajstić information content (AvgIpc) is 3.26. The van der Waals surface area contributed by atoms with Crippen molar-refractivity contribution in [2.45, 2.75) is 51.4 Å². The second kappa shape index (κ2) is 6.52. The third-order valence-corrected chi connectivity index (χ3v) is 7.33. The van der Waals surface area contributed by atoms with Gasteiger partial charge in [0.15, 0.2) is 0 Å². The molecule has 3 aliphatic rings. The smallest absolute Gasteiger partial charge is 0.265 e. The topological polar surface area (TPSA) is 45.2 Å². The molecule has 2 aliphatic heterocycles. The largest absolute Gasteiger partial charge is 0.338 e. The van der Waals surface area contributed by atoms with Crippen LogP contribution in [0.5, 0.6) is 0 Å². The lowest BCUT2D eigenvalue weighted by atomic mass is 9.92. The molecule has 126 valence electrons. The van der Waals surface area contributed by atoms with E-state index in [0.29, 0.717) is 5.92 Å². The molecule has 1 saturated carbocycles. The summed E-state index contributed by atoms with van der Waals surface area (Å²) in [5.41, 5.74) is 0.952. The van der Waals surface area contributed by atoms with E-state index < -0.39 is 0 Å². The molecule has 23 heavy (non-hydrogen) atoms. The van der Waals surface area contributed by atoms with Crippen LogP contribution in [0.25, 0.3) is 0 Å². The molecule has 1 aliphatic carbocycles. The quantitative estimate of drug-likeness (QED) is 0.904. The van der Waals surface area contributed by atoms with Gasteiger partial charge in [-0.2, -0.15) is 0 Å². The van der Waals surface area contributed by atoms with Crippen molar-refractivity contribution in [3.05, 3.63) is 15.6 Å². The highest BCUT2D eigenvalue weighted by molar-refractivity contribution is 7.13. The molecule has 0 aromatic carbocycles. The van der Waals surface area contributed by atoms with Gasteiger partial charge in [-0.3, -0.25) is 4.79 Å². The van der Waals surface area contributed by atoms with Gasteiger partial charge in [-0.15, -0.1) is 11.3 Å². The Balaban J connectivity index is 1.48. The van der Waals surface area contributed by atoms with E-state index in [1.54, 1.807) is 11.3 Å². The first-order valence-electron chi connectivity index (χ1n) is 9.19. The Hall–Kier alpha value is -0.940. The number of carbonyl (C=O) groups is 1. The van der Waals surface area contributed by atoms with Crippen LogP contribution in [0, 0.1) is 18.8 Å². The van der Waals surface area contributed by atoms with Crippen LogP contribution in [0.2, 0.25) is 0 Å². The molecule has 0 radical (unpaired) electrons. The molecular weight excluding hydrogens is 306 g/mol. The summed E-state index contributed by atoms with van der Waals surface area (Å²) >= 11 is 1.67. The Morgan fingerprint density at radius 1 is 1.13 bits per heavy atom. The zero-order valence-corrected chi connectivity index (χ0v) is 14.8. The Morgan fingerprint density at radius 2 is 1.78 bits per heavy atom. The summed E-state index contributed by atoms with van der Waals surface area (Å²) in [5.74, 6) is 2.38. The van der Waals surface area contributed by atoms with Crippen molar-refractivity contribution in [1.29, 1.82) is 0 Å². The fourth-order valence-electron chi connectivity index (χ4n) is 4.53. The van der Waals surface area contributed by atoms with E-state index >= 15 is 0 Å². The molecule has 0 bridgehead atoms. The van der Waals surface area contributed by atoms with Crippen LogP contribution in [-0.2, 0) is 0 Å². The number of amides is 1. The molecule has 2 atom stereocenters. The molecular formula is C18H27N3OS. The summed E-state index contributed by atoms with van der Waals surface area (Å²) in [6.07, 6.45) is 7.43. The van der Waals surface area contributed by atoms with Gasteiger partial charge < -0.3 is 10.2 Å². The van der Waals surface area contributed by atoms with Crippen molar-refractivity contribution in [2.24, 2.45) is 11.8 Å². The number of aryl methyl sites for hydroxylation is 1. The number of aromatic nitrogens is 1. The lowest BCUT2D eigenvalue weighted by molar-refractivity contribution is 0.0762. The first-order chi connectivity index (χ1) is 11.2. The summed E-state index contributed by atoms with van der Waals surface area (Å²) in [6.45, 7) is 6.12. The summed E-state index contributed by atoms with van der Waals surface area (Å²) in [6, 6.07) is 0. The van der Waals surface area contributed by atoms with E-state index in [-0.39, 0.29) is 5.91 Å². The van der Waals surface area contributed by atoms with Crippen molar-refractivity contribution in [3.8, 4) is 0 Å². The van der Waals surface area contributed by atoms with Crippen LogP contribution >= 0.6 is 11.3 Å². The minimum Gasteiger partial charge on any atom is -0.338 e. The van der Waals surface area contributed by atoms with Crippen LogP contribution < -0.4 is 5.32 Å². The molecule has 0 unspecified atom stereocenters. The molecule has 2 saturated heterocycles. The summed E-state index contributed by atoms with van der Waals surface area (Å²) in [4.78, 5) is 20.7. The highest BCUT2D eigenvalue weighted by atomic mass is 32.1. The van der Waals surface area contributed by atoms with Gasteiger partial charge in [0.2, 0.25) is 0 Å². The van der Waals surface area contributed by atoms with Crippen molar-refractivity contribution in [2.75, 3.05) is 26.2 Å². The van der Waals surface area contributed by atoms with Crippen LogP contribution in [0.1, 0.15) is 64.8 Å². The second-order valence-corrected chi connectivity index (χ2v) is 8.53. The number of carbonyl (C=O) groups excluding carboxylic acids is 1. The number of nitrogens with one attached hydrogen (secondary N) is 1. The Labute approximate surface area is 142 Å². The van der Waals surface area contributed by atoms with Gasteiger partial charge in [-0.25, -0.2) is 4.98 Å². The second-order valence-electron chi connectivity index (χ2n) is 7.50. The normalized spacial score (nSPS) is 28.8. The standard InChI is InChI=1S/C18H27N3OS/c1-12-16(23-17(20-12)13-4-2-3-5-13)18(22)21-8-6-14-10-19-11-15(14)7-9-21/h13-15,19H,2-11H2,1H3/t14-,15+. The van der Waals surface area contributed by atoms with Crippen LogP contribution in [0.15, 0.2) is 0 Å². The van der Waals surface area contributed by atoms with Gasteiger partial charge in [0, 0.05) is 19.0 Å². The maximum Gasteiger partial charge on any atom is 0.265 e. The van der Waals surface area contributed by atoms with Gasteiger partial charge in [0.05, 0.1) is 10.7 Å². The first-order valence-corrected chi connectivity index (χ1v) is 10.0. The van der Waals surface area contributed by atoms with Gasteiger partial charge >= 0.3 is 0 Å². The molecule has 3 fully saturated rings. The predicted octanol–water partition coefficient (Wildman–Crippen LogP) is 3.18. The Bertz CT molecular complexity index is 565. The predicted molar refractivity (Wildman–Crippen MR) is 93.0 cm³/mol. The van der Waals surface area contributed by atoms with E-state index in [1.807, 2.05) is 6.92 Å². The van der Waals surface area contributed by atoms with Crippen molar-refractivity contribution >= 4 is 17.2 Å². The first kappa shape index (κ1) is 15.6. The number of hydrogen-bond donors (Lipinski definition) is 1. The molecule has 1 N–H and O–H groups in total. The maximum absolute atomic E-state index is 13.0. The average molecular weight is 334 g/mol. The number of rotatable bonds is 2. The van der Waals surface area contributed by atoms with Crippen molar-refractivity contribution < 1.29 is 4.79 Å². The molecule has 5 heteroatoms. The zero-order valence-electron chi connectivity index (χ0n) is 14.0. The lowest BCUT2D eigenvalue weighted by Crippen LogP contribution is -2.32. The zero-order chi connectivity index (χ0) is 15.8. The monoisotopic (exact) mass is 333 g/mol. The van der Waals surface area contributed by atoms with E-state index in [1.165, 1.54) is 30.7 Å². The van der Waals surface area contributed by atoms with Gasteiger partial charge in [0.25, 0.3) is 5.91 Å². The van der Waals surface area contributed by atoms with Crippen molar-refractivity contribution in [1.82, 2.24) is 15.2 Å². The molecule has 4 nitrogen and oxygen atoms in total. The number of thiazole rings is 1. The van der Waals surface area contributed by atoms with Gasteiger partial charge in [-0.05, 0) is 57.5 Å². The number of nitrogens with zero attached hydrogens (tertiary/aromatic N) is 2.